The lowest BCUT2D eigenvalue weighted by atomic mass is 9.72. The fourth-order valence-corrected chi connectivity index (χ4v) is 5.16. The van der Waals surface area contributed by atoms with Crippen molar-refractivity contribution in [3.8, 4) is 0 Å². The summed E-state index contributed by atoms with van der Waals surface area (Å²) in [7, 11) is -3.25. The molecule has 1 aliphatic rings. The molecule has 0 saturated carbocycles. The fourth-order valence-electron chi connectivity index (χ4n) is 4.06. The fraction of sp³-hybridized carbons (Fsp3) is 0.458. The molecule has 1 aliphatic heterocycles. The van der Waals surface area contributed by atoms with E-state index in [1.54, 1.807) is 6.92 Å². The predicted molar refractivity (Wildman–Crippen MR) is 122 cm³/mol. The van der Waals surface area contributed by atoms with E-state index < -0.39 is 15.4 Å². The monoisotopic (exact) mass is 444 g/mol. The number of rotatable bonds is 9. The molecular weight excluding hydrogens is 412 g/mol. The Morgan fingerprint density at radius 1 is 1.00 bits per heavy atom. The van der Waals surface area contributed by atoms with Gasteiger partial charge in [-0.2, -0.15) is 0 Å². The lowest BCUT2D eigenvalue weighted by Crippen LogP contribution is -2.52. The zero-order valence-corrected chi connectivity index (χ0v) is 19.2. The molecule has 1 amide bonds. The lowest BCUT2D eigenvalue weighted by Gasteiger charge is -2.40. The van der Waals surface area contributed by atoms with Gasteiger partial charge in [0.2, 0.25) is 15.9 Å². The molecule has 0 spiro atoms. The third-order valence-corrected chi connectivity index (χ3v) is 7.93. The van der Waals surface area contributed by atoms with Gasteiger partial charge in [0, 0.05) is 26.2 Å². The van der Waals surface area contributed by atoms with Gasteiger partial charge in [-0.3, -0.25) is 4.79 Å². The number of amides is 1. The van der Waals surface area contributed by atoms with E-state index in [0.29, 0.717) is 45.7 Å². The van der Waals surface area contributed by atoms with E-state index in [0.717, 1.165) is 16.7 Å². The van der Waals surface area contributed by atoms with Crippen molar-refractivity contribution in [1.29, 1.82) is 0 Å². The maximum absolute atomic E-state index is 13.4. The Balaban J connectivity index is 1.72. The number of carbonyl (C=O) groups is 1. The van der Waals surface area contributed by atoms with Crippen molar-refractivity contribution in [3.63, 3.8) is 0 Å². The van der Waals surface area contributed by atoms with Gasteiger partial charge in [0.15, 0.2) is 0 Å². The van der Waals surface area contributed by atoms with Gasteiger partial charge in [-0.05, 0) is 43.4 Å². The summed E-state index contributed by atoms with van der Waals surface area (Å²) in [5.41, 5.74) is 2.33. The van der Waals surface area contributed by atoms with E-state index in [2.05, 4.69) is 5.32 Å². The van der Waals surface area contributed by atoms with Crippen molar-refractivity contribution in [2.45, 2.75) is 45.3 Å². The molecule has 168 valence electrons. The summed E-state index contributed by atoms with van der Waals surface area (Å²) in [6, 6.07) is 17.7. The second kappa shape index (κ2) is 10.4. The Hall–Kier alpha value is -2.22. The highest BCUT2D eigenvalue weighted by Crippen LogP contribution is 2.36. The SMILES string of the molecule is CCOCc1ccc(CNC(=O)C2(c3ccccc3)CCN(S(=O)(=O)CC)CC2)cc1. The van der Waals surface area contributed by atoms with Crippen LogP contribution in [0.5, 0.6) is 0 Å². The number of hydrogen-bond donors (Lipinski definition) is 1. The molecule has 0 radical (unpaired) electrons. The number of piperidine rings is 1. The summed E-state index contributed by atoms with van der Waals surface area (Å²) in [6.07, 6.45) is 0.935. The molecule has 0 unspecified atom stereocenters. The topological polar surface area (TPSA) is 75.7 Å². The highest BCUT2D eigenvalue weighted by molar-refractivity contribution is 7.89. The van der Waals surface area contributed by atoms with Crippen molar-refractivity contribution in [2.24, 2.45) is 0 Å². The summed E-state index contributed by atoms with van der Waals surface area (Å²) in [5.74, 6) is 0.0298. The van der Waals surface area contributed by atoms with Gasteiger partial charge < -0.3 is 10.1 Å². The largest absolute Gasteiger partial charge is 0.377 e. The summed E-state index contributed by atoms with van der Waals surface area (Å²) in [4.78, 5) is 13.4. The number of carbonyl (C=O) groups excluding carboxylic acids is 1. The molecule has 1 N–H and O–H groups in total. The number of hydrogen-bond acceptors (Lipinski definition) is 4. The quantitative estimate of drug-likeness (QED) is 0.644. The summed E-state index contributed by atoms with van der Waals surface area (Å²) in [5, 5.41) is 3.10. The van der Waals surface area contributed by atoms with E-state index >= 15 is 0 Å². The summed E-state index contributed by atoms with van der Waals surface area (Å²) >= 11 is 0. The Morgan fingerprint density at radius 2 is 1.61 bits per heavy atom. The normalized spacial score (nSPS) is 16.7. The third kappa shape index (κ3) is 5.53. The van der Waals surface area contributed by atoms with E-state index in [4.69, 9.17) is 4.74 Å². The molecule has 0 atom stereocenters. The van der Waals surface area contributed by atoms with Crippen LogP contribution in [0.2, 0.25) is 0 Å². The van der Waals surface area contributed by atoms with Crippen LogP contribution < -0.4 is 5.32 Å². The molecule has 0 aromatic heterocycles. The molecule has 7 heteroatoms. The number of ether oxygens (including phenoxy) is 1. The Kier molecular flexibility index (Phi) is 7.86. The van der Waals surface area contributed by atoms with Crippen molar-refractivity contribution in [3.05, 3.63) is 71.3 Å². The molecule has 1 heterocycles. The average Bonchev–Trinajstić information content (AvgIpc) is 2.82. The van der Waals surface area contributed by atoms with Gasteiger partial charge in [-0.1, -0.05) is 54.6 Å². The van der Waals surface area contributed by atoms with Crippen LogP contribution in [0.3, 0.4) is 0 Å². The lowest BCUT2D eigenvalue weighted by molar-refractivity contribution is -0.128. The molecular formula is C24H32N2O4S. The molecule has 0 aliphatic carbocycles. The van der Waals surface area contributed by atoms with Crippen molar-refractivity contribution in [1.82, 2.24) is 9.62 Å². The highest BCUT2D eigenvalue weighted by atomic mass is 32.2. The van der Waals surface area contributed by atoms with Gasteiger partial charge in [0.25, 0.3) is 0 Å². The van der Waals surface area contributed by atoms with E-state index in [1.807, 2.05) is 61.5 Å². The minimum Gasteiger partial charge on any atom is -0.377 e. The maximum atomic E-state index is 13.4. The van der Waals surface area contributed by atoms with Crippen molar-refractivity contribution < 1.29 is 17.9 Å². The van der Waals surface area contributed by atoms with Crippen LogP contribution in [0.15, 0.2) is 54.6 Å². The van der Waals surface area contributed by atoms with Crippen LogP contribution in [0.25, 0.3) is 0 Å². The standard InChI is InChI=1S/C24H32N2O4S/c1-3-30-19-21-12-10-20(11-13-21)18-25-23(27)24(22-8-6-5-7-9-22)14-16-26(17-15-24)31(28,29)4-2/h5-13H,3-4,14-19H2,1-2H3,(H,25,27). The molecule has 31 heavy (non-hydrogen) atoms. The second-order valence-electron chi connectivity index (χ2n) is 7.88. The molecule has 2 aromatic rings. The number of benzene rings is 2. The third-order valence-electron chi connectivity index (χ3n) is 6.04. The number of sulfonamides is 1. The molecule has 2 aromatic carbocycles. The Morgan fingerprint density at radius 3 is 2.19 bits per heavy atom. The number of nitrogens with zero attached hydrogens (tertiary/aromatic N) is 1. The smallest absolute Gasteiger partial charge is 0.231 e. The van der Waals surface area contributed by atoms with Crippen LogP contribution in [0, 0.1) is 0 Å². The van der Waals surface area contributed by atoms with Crippen molar-refractivity contribution in [2.75, 3.05) is 25.4 Å². The molecule has 1 fully saturated rings. The van der Waals surface area contributed by atoms with Gasteiger partial charge >= 0.3 is 0 Å². The first-order valence-electron chi connectivity index (χ1n) is 10.9. The van der Waals surface area contributed by atoms with Gasteiger partial charge in [-0.15, -0.1) is 0 Å². The van der Waals surface area contributed by atoms with Crippen LogP contribution in [0.1, 0.15) is 43.4 Å². The highest BCUT2D eigenvalue weighted by Gasteiger charge is 2.44. The first kappa shape index (κ1) is 23.4. The molecule has 3 rings (SSSR count). The van der Waals surface area contributed by atoms with Crippen LogP contribution in [-0.4, -0.2) is 44.1 Å². The van der Waals surface area contributed by atoms with Crippen LogP contribution in [0.4, 0.5) is 0 Å². The van der Waals surface area contributed by atoms with Crippen LogP contribution >= 0.6 is 0 Å². The number of nitrogens with one attached hydrogen (secondary N) is 1. The zero-order valence-electron chi connectivity index (χ0n) is 18.3. The predicted octanol–water partition coefficient (Wildman–Crippen LogP) is 3.22. The van der Waals surface area contributed by atoms with E-state index in [9.17, 15) is 13.2 Å². The van der Waals surface area contributed by atoms with E-state index in [1.165, 1.54) is 4.31 Å². The minimum atomic E-state index is -3.25. The minimum absolute atomic E-state index is 0.0503. The van der Waals surface area contributed by atoms with Crippen LogP contribution in [-0.2, 0) is 38.1 Å². The zero-order chi connectivity index (χ0) is 22.3. The maximum Gasteiger partial charge on any atom is 0.231 e. The van der Waals surface area contributed by atoms with Gasteiger partial charge in [-0.25, -0.2) is 12.7 Å². The molecule has 1 saturated heterocycles. The second-order valence-corrected chi connectivity index (χ2v) is 10.1. The summed E-state index contributed by atoms with van der Waals surface area (Å²) < 4.78 is 31.5. The molecule has 0 bridgehead atoms. The Labute approximate surface area is 185 Å². The first-order valence-corrected chi connectivity index (χ1v) is 12.5. The average molecular weight is 445 g/mol. The summed E-state index contributed by atoms with van der Waals surface area (Å²) in [6.45, 7) is 6.01. The van der Waals surface area contributed by atoms with Gasteiger partial charge in [0.05, 0.1) is 17.8 Å². The van der Waals surface area contributed by atoms with E-state index in [-0.39, 0.29) is 11.7 Å². The van der Waals surface area contributed by atoms with Gasteiger partial charge in [0.1, 0.15) is 0 Å². The molecule has 6 nitrogen and oxygen atoms in total. The first-order chi connectivity index (χ1) is 14.9. The van der Waals surface area contributed by atoms with Crippen molar-refractivity contribution >= 4 is 15.9 Å². The Bertz CT molecular complexity index is 951.